The molecule has 0 aliphatic carbocycles. The van der Waals surface area contributed by atoms with E-state index in [0.717, 1.165) is 38.9 Å². The third-order valence-electron chi connectivity index (χ3n) is 5.42. The van der Waals surface area contributed by atoms with Gasteiger partial charge < -0.3 is 25.3 Å². The maximum atomic E-state index is 13.5. The molecule has 1 fully saturated rings. The standard InChI is InChI=1S/C26H36F2N4O4S/c1-3-5-6-14-35-22-9-8-20(18-21(22)24(27)28)30-26(37)31-25(33)19(4-2)7-10-23(29)36-17-13-32-11-15-34-16-12-32/h4,7-10,18,24H,2-3,5-6,11-17,29H2,1H3,(H2,30,31,33,37)/b19-7+,23-10+. The molecular formula is C26H36F2N4O4S. The van der Waals surface area contributed by atoms with E-state index in [1.165, 1.54) is 30.4 Å². The van der Waals surface area contributed by atoms with Gasteiger partial charge in [0.1, 0.15) is 12.4 Å². The number of allylic oxidation sites excluding steroid dienone is 2. The number of nitrogens with zero attached hydrogens (tertiary/aromatic N) is 1. The van der Waals surface area contributed by atoms with E-state index in [1.807, 2.05) is 0 Å². The van der Waals surface area contributed by atoms with E-state index in [9.17, 15) is 13.6 Å². The molecule has 0 spiro atoms. The number of morpholine rings is 1. The van der Waals surface area contributed by atoms with E-state index < -0.39 is 12.3 Å². The molecule has 0 saturated carbocycles. The number of amides is 1. The van der Waals surface area contributed by atoms with Crippen molar-refractivity contribution in [3.05, 3.63) is 60.0 Å². The molecule has 1 saturated heterocycles. The molecule has 1 aromatic rings. The van der Waals surface area contributed by atoms with E-state index >= 15 is 0 Å². The number of unbranched alkanes of at least 4 members (excludes halogenated alkanes) is 2. The van der Waals surface area contributed by atoms with Crippen LogP contribution in [0.5, 0.6) is 5.75 Å². The number of carbonyl (C=O) groups is 1. The average Bonchev–Trinajstić information content (AvgIpc) is 2.88. The highest BCUT2D eigenvalue weighted by Gasteiger charge is 2.16. The van der Waals surface area contributed by atoms with Crippen LogP contribution < -0.4 is 21.1 Å². The summed E-state index contributed by atoms with van der Waals surface area (Å²) >= 11 is 5.17. The maximum Gasteiger partial charge on any atom is 0.267 e. The Hall–Kier alpha value is -3.02. The van der Waals surface area contributed by atoms with E-state index in [2.05, 4.69) is 29.0 Å². The molecule has 8 nitrogen and oxygen atoms in total. The lowest BCUT2D eigenvalue weighted by atomic mass is 10.2. The quantitative estimate of drug-likeness (QED) is 0.106. The van der Waals surface area contributed by atoms with Gasteiger partial charge in [0.25, 0.3) is 12.3 Å². The van der Waals surface area contributed by atoms with Crippen molar-refractivity contribution in [2.24, 2.45) is 5.73 Å². The first kappa shape index (κ1) is 30.2. The van der Waals surface area contributed by atoms with Crippen molar-refractivity contribution in [3.8, 4) is 5.75 Å². The van der Waals surface area contributed by atoms with Gasteiger partial charge in [0.05, 0.1) is 25.4 Å². The van der Waals surface area contributed by atoms with Crippen LogP contribution in [0.3, 0.4) is 0 Å². The van der Waals surface area contributed by atoms with Crippen LogP contribution in [0.2, 0.25) is 0 Å². The zero-order valence-corrected chi connectivity index (χ0v) is 22.0. The molecule has 4 N–H and O–H groups in total. The molecule has 2 rings (SSSR count). The monoisotopic (exact) mass is 538 g/mol. The van der Waals surface area contributed by atoms with Crippen molar-refractivity contribution in [3.63, 3.8) is 0 Å². The predicted octanol–water partition coefficient (Wildman–Crippen LogP) is 4.27. The van der Waals surface area contributed by atoms with Crippen molar-refractivity contribution < 1.29 is 27.8 Å². The van der Waals surface area contributed by atoms with Gasteiger partial charge in [-0.05, 0) is 49.0 Å². The third-order valence-corrected chi connectivity index (χ3v) is 5.63. The lowest BCUT2D eigenvalue weighted by Crippen LogP contribution is -2.38. The SMILES string of the molecule is C=C/C(=C\C=C(/N)OCCN1CCOCC1)C(=O)NC(=S)Nc1ccc(OCCCCC)c(C(F)F)c1. The van der Waals surface area contributed by atoms with Crippen LogP contribution in [0.15, 0.2) is 54.5 Å². The van der Waals surface area contributed by atoms with Crippen molar-refractivity contribution in [1.29, 1.82) is 0 Å². The highest BCUT2D eigenvalue weighted by molar-refractivity contribution is 7.80. The fourth-order valence-corrected chi connectivity index (χ4v) is 3.58. The van der Waals surface area contributed by atoms with Crippen molar-refractivity contribution in [1.82, 2.24) is 10.2 Å². The Balaban J connectivity index is 1.89. The van der Waals surface area contributed by atoms with Gasteiger partial charge >= 0.3 is 0 Å². The summed E-state index contributed by atoms with van der Waals surface area (Å²) in [4.78, 5) is 14.8. The topological polar surface area (TPSA) is 98.1 Å². The number of anilines is 1. The number of carbonyl (C=O) groups excluding carboxylic acids is 1. The molecule has 0 radical (unpaired) electrons. The maximum absolute atomic E-state index is 13.5. The highest BCUT2D eigenvalue weighted by atomic mass is 32.1. The summed E-state index contributed by atoms with van der Waals surface area (Å²) in [5.74, 6) is -0.271. The fraction of sp³-hybridized carbons (Fsp3) is 0.462. The number of benzene rings is 1. The average molecular weight is 539 g/mol. The van der Waals surface area contributed by atoms with Gasteiger partial charge in [0, 0.05) is 30.9 Å². The minimum Gasteiger partial charge on any atom is -0.493 e. The van der Waals surface area contributed by atoms with E-state index in [4.69, 9.17) is 32.2 Å². The summed E-state index contributed by atoms with van der Waals surface area (Å²) in [6, 6.07) is 4.27. The molecule has 1 aliphatic heterocycles. The van der Waals surface area contributed by atoms with E-state index in [1.54, 1.807) is 6.07 Å². The number of alkyl halides is 2. The van der Waals surface area contributed by atoms with Gasteiger partial charge in [-0.25, -0.2) is 8.78 Å². The van der Waals surface area contributed by atoms with Gasteiger partial charge in [0.15, 0.2) is 11.0 Å². The summed E-state index contributed by atoms with van der Waals surface area (Å²) in [6.07, 6.45) is 4.28. The zero-order chi connectivity index (χ0) is 27.0. The van der Waals surface area contributed by atoms with Crippen LogP contribution in [0.25, 0.3) is 0 Å². The Morgan fingerprint density at radius 2 is 2.03 bits per heavy atom. The minimum atomic E-state index is -2.73. The Morgan fingerprint density at radius 1 is 1.27 bits per heavy atom. The summed E-state index contributed by atoms with van der Waals surface area (Å²) < 4.78 is 43.4. The molecule has 0 aromatic heterocycles. The Bertz CT molecular complexity index is 966. The van der Waals surface area contributed by atoms with Crippen LogP contribution in [0.4, 0.5) is 14.5 Å². The molecule has 0 atom stereocenters. The minimum absolute atomic E-state index is 0.0618. The van der Waals surface area contributed by atoms with E-state index in [-0.39, 0.29) is 27.9 Å². The van der Waals surface area contributed by atoms with Crippen LogP contribution in [-0.2, 0) is 14.3 Å². The summed E-state index contributed by atoms with van der Waals surface area (Å²) in [5, 5.41) is 5.18. The lowest BCUT2D eigenvalue weighted by molar-refractivity contribution is -0.115. The van der Waals surface area contributed by atoms with Crippen LogP contribution >= 0.6 is 12.2 Å². The number of ether oxygens (including phenoxy) is 3. The summed E-state index contributed by atoms with van der Waals surface area (Å²) in [5.41, 5.74) is 6.10. The normalized spacial score (nSPS) is 14.8. The highest BCUT2D eigenvalue weighted by Crippen LogP contribution is 2.31. The van der Waals surface area contributed by atoms with Gasteiger partial charge in [-0.2, -0.15) is 0 Å². The first-order valence-corrected chi connectivity index (χ1v) is 12.6. The third kappa shape index (κ3) is 11.3. The number of hydrogen-bond acceptors (Lipinski definition) is 7. The summed E-state index contributed by atoms with van der Waals surface area (Å²) in [6.45, 7) is 10.3. The number of hydrogen-bond donors (Lipinski definition) is 3. The first-order chi connectivity index (χ1) is 17.8. The fourth-order valence-electron chi connectivity index (χ4n) is 3.37. The van der Waals surface area contributed by atoms with Gasteiger partial charge in [-0.15, -0.1) is 0 Å². The second-order valence-electron chi connectivity index (χ2n) is 8.21. The molecule has 1 amide bonds. The van der Waals surface area contributed by atoms with Crippen molar-refractivity contribution in [2.75, 3.05) is 51.4 Å². The molecular weight excluding hydrogens is 502 g/mol. The zero-order valence-electron chi connectivity index (χ0n) is 21.1. The second kappa shape index (κ2) is 16.7. The van der Waals surface area contributed by atoms with Gasteiger partial charge in [-0.3, -0.25) is 15.0 Å². The number of nitrogens with two attached hydrogens (primary N) is 1. The van der Waals surface area contributed by atoms with Gasteiger partial charge in [0.2, 0.25) is 0 Å². The molecule has 11 heteroatoms. The number of halogens is 2. The Labute approximate surface area is 222 Å². The molecule has 1 aromatic carbocycles. The number of rotatable bonds is 14. The van der Waals surface area contributed by atoms with Crippen LogP contribution in [0, 0.1) is 0 Å². The summed E-state index contributed by atoms with van der Waals surface area (Å²) in [7, 11) is 0. The molecule has 1 heterocycles. The molecule has 0 bridgehead atoms. The largest absolute Gasteiger partial charge is 0.493 e. The molecule has 37 heavy (non-hydrogen) atoms. The molecule has 1 aliphatic rings. The van der Waals surface area contributed by atoms with Crippen molar-refractivity contribution in [2.45, 2.75) is 32.6 Å². The molecule has 0 unspecified atom stereocenters. The van der Waals surface area contributed by atoms with Crippen LogP contribution in [0.1, 0.15) is 38.2 Å². The Morgan fingerprint density at radius 3 is 2.70 bits per heavy atom. The van der Waals surface area contributed by atoms with Crippen LogP contribution in [-0.4, -0.2) is 62.0 Å². The second-order valence-corrected chi connectivity index (χ2v) is 8.62. The van der Waals surface area contributed by atoms with Crippen molar-refractivity contribution >= 4 is 28.9 Å². The Kier molecular flexibility index (Phi) is 13.6. The number of thiocarbonyl (C=S) groups is 1. The number of nitrogens with one attached hydrogen (secondary N) is 2. The smallest absolute Gasteiger partial charge is 0.267 e. The molecule has 204 valence electrons. The van der Waals surface area contributed by atoms with Gasteiger partial charge in [-0.1, -0.05) is 32.4 Å². The predicted molar refractivity (Wildman–Crippen MR) is 145 cm³/mol. The first-order valence-electron chi connectivity index (χ1n) is 12.2. The lowest BCUT2D eigenvalue weighted by Gasteiger charge is -2.26. The van der Waals surface area contributed by atoms with E-state index in [0.29, 0.717) is 32.1 Å².